The van der Waals surface area contributed by atoms with Crippen LogP contribution in [0.1, 0.15) is 36.4 Å². The molecule has 0 bridgehead atoms. The van der Waals surface area contributed by atoms with Gasteiger partial charge < -0.3 is 0 Å². The minimum Gasteiger partial charge on any atom is -0.257 e. The summed E-state index contributed by atoms with van der Waals surface area (Å²) in [4.78, 5) is 0. The fraction of sp³-hybridized carbons (Fsp3) is 0.192. The average molecular weight is 364 g/mol. The molecule has 1 heterocycles. The van der Waals surface area contributed by atoms with Gasteiger partial charge in [-0.2, -0.15) is 5.10 Å². The average Bonchev–Trinajstić information content (AvgIpc) is 3.16. The van der Waals surface area contributed by atoms with Crippen molar-refractivity contribution in [2.24, 2.45) is 11.0 Å². The fourth-order valence-corrected chi connectivity index (χ4v) is 4.53. The van der Waals surface area contributed by atoms with Crippen LogP contribution in [0.15, 0.2) is 102 Å². The molecule has 0 aromatic heterocycles. The van der Waals surface area contributed by atoms with Gasteiger partial charge in [-0.1, -0.05) is 78.9 Å². The van der Waals surface area contributed by atoms with Crippen molar-refractivity contribution in [3.05, 3.63) is 108 Å². The first-order valence-electron chi connectivity index (χ1n) is 10.1. The van der Waals surface area contributed by atoms with E-state index in [0.29, 0.717) is 5.92 Å². The zero-order valence-corrected chi connectivity index (χ0v) is 15.9. The molecule has 0 N–H and O–H groups in total. The predicted molar refractivity (Wildman–Crippen MR) is 117 cm³/mol. The Morgan fingerprint density at radius 2 is 1.43 bits per heavy atom. The summed E-state index contributed by atoms with van der Waals surface area (Å²) in [5.41, 5.74) is 6.43. The normalized spacial score (nSPS) is 22.8. The van der Waals surface area contributed by atoms with E-state index < -0.39 is 0 Å². The van der Waals surface area contributed by atoms with Crippen molar-refractivity contribution < 1.29 is 0 Å². The molecule has 2 nitrogen and oxygen atoms in total. The van der Waals surface area contributed by atoms with E-state index in [1.807, 2.05) is 0 Å². The zero-order chi connectivity index (χ0) is 18.8. The number of allylic oxidation sites excluding steroid dienone is 1. The Balaban J connectivity index is 1.59. The molecule has 0 amide bonds. The van der Waals surface area contributed by atoms with Crippen LogP contribution in [-0.2, 0) is 0 Å². The van der Waals surface area contributed by atoms with Gasteiger partial charge in [-0.3, -0.25) is 5.01 Å². The van der Waals surface area contributed by atoms with Gasteiger partial charge in [-0.25, -0.2) is 0 Å². The van der Waals surface area contributed by atoms with Crippen molar-refractivity contribution in [2.45, 2.75) is 25.3 Å². The molecule has 0 radical (unpaired) electrons. The Morgan fingerprint density at radius 3 is 2.14 bits per heavy atom. The molecular weight excluding hydrogens is 340 g/mol. The van der Waals surface area contributed by atoms with Gasteiger partial charge in [-0.05, 0) is 54.2 Å². The third-order valence-electron chi connectivity index (χ3n) is 5.80. The van der Waals surface area contributed by atoms with Crippen molar-refractivity contribution in [3.63, 3.8) is 0 Å². The van der Waals surface area contributed by atoms with E-state index >= 15 is 0 Å². The van der Waals surface area contributed by atoms with E-state index in [9.17, 15) is 0 Å². The van der Waals surface area contributed by atoms with Crippen molar-refractivity contribution >= 4 is 17.5 Å². The fourth-order valence-electron chi connectivity index (χ4n) is 4.53. The molecule has 1 aliphatic carbocycles. The second kappa shape index (κ2) is 7.47. The molecule has 2 atom stereocenters. The van der Waals surface area contributed by atoms with Gasteiger partial charge in [0.25, 0.3) is 0 Å². The lowest BCUT2D eigenvalue weighted by atomic mass is 9.77. The summed E-state index contributed by atoms with van der Waals surface area (Å²) < 4.78 is 0. The highest BCUT2D eigenvalue weighted by Crippen LogP contribution is 2.46. The topological polar surface area (TPSA) is 15.6 Å². The van der Waals surface area contributed by atoms with E-state index in [2.05, 4.69) is 102 Å². The van der Waals surface area contributed by atoms with Crippen molar-refractivity contribution in [2.75, 3.05) is 5.01 Å². The van der Waals surface area contributed by atoms with E-state index in [0.717, 1.165) is 12.1 Å². The van der Waals surface area contributed by atoms with E-state index in [1.54, 1.807) is 0 Å². The molecule has 0 unspecified atom stereocenters. The summed E-state index contributed by atoms with van der Waals surface area (Å²) >= 11 is 0. The lowest BCUT2D eigenvalue weighted by Gasteiger charge is -2.30. The van der Waals surface area contributed by atoms with Gasteiger partial charge in [0.1, 0.15) is 0 Å². The number of fused-ring (bicyclic) bond motifs is 1. The Morgan fingerprint density at radius 1 is 0.786 bits per heavy atom. The van der Waals surface area contributed by atoms with Gasteiger partial charge in [0.2, 0.25) is 0 Å². The van der Waals surface area contributed by atoms with Crippen LogP contribution >= 0.6 is 0 Å². The molecule has 2 aliphatic rings. The maximum Gasteiger partial charge on any atom is 0.0859 e. The number of nitrogens with zero attached hydrogens (tertiary/aromatic N) is 2. The summed E-state index contributed by atoms with van der Waals surface area (Å²) in [7, 11) is 0. The summed E-state index contributed by atoms with van der Waals surface area (Å²) in [5, 5.41) is 7.45. The molecule has 0 saturated heterocycles. The second-order valence-electron chi connectivity index (χ2n) is 7.60. The van der Waals surface area contributed by atoms with Gasteiger partial charge in [-0.15, -0.1) is 0 Å². The number of anilines is 1. The Hall–Kier alpha value is -3.13. The number of hydrogen-bond acceptors (Lipinski definition) is 2. The molecule has 3 aromatic carbocycles. The van der Waals surface area contributed by atoms with Crippen LogP contribution in [0.25, 0.3) is 6.08 Å². The van der Waals surface area contributed by atoms with E-state index in [-0.39, 0.29) is 6.04 Å². The predicted octanol–water partition coefficient (Wildman–Crippen LogP) is 6.49. The first-order valence-corrected chi connectivity index (χ1v) is 10.1. The first-order chi connectivity index (χ1) is 13.9. The molecule has 5 rings (SSSR count). The monoisotopic (exact) mass is 364 g/mol. The standard InChI is InChI=1S/C26H24N2/c1-4-11-20(12-5-1)19-22-15-10-18-24-25(22)27-28(23-16-8-3-9-17-23)26(24)21-13-6-2-7-14-21/h1-9,11-14,16-17,19,24,26H,10,15,18H2/b22-19-/t24-,26-/m1/s1. The largest absolute Gasteiger partial charge is 0.257 e. The van der Waals surface area contributed by atoms with Crippen LogP contribution < -0.4 is 5.01 Å². The van der Waals surface area contributed by atoms with Crippen LogP contribution in [-0.4, -0.2) is 5.71 Å². The quantitative estimate of drug-likeness (QED) is 0.519. The highest BCUT2D eigenvalue weighted by Gasteiger charge is 2.41. The number of rotatable bonds is 3. The highest BCUT2D eigenvalue weighted by molar-refractivity contribution is 6.08. The Kier molecular flexibility index (Phi) is 4.54. The third kappa shape index (κ3) is 3.16. The minimum absolute atomic E-state index is 0.262. The molecule has 2 heteroatoms. The lowest BCUT2D eigenvalue weighted by molar-refractivity contribution is 0.488. The van der Waals surface area contributed by atoms with Gasteiger partial charge in [0.05, 0.1) is 17.4 Å². The maximum absolute atomic E-state index is 5.20. The first kappa shape index (κ1) is 17.0. The molecule has 1 aliphatic heterocycles. The summed E-state index contributed by atoms with van der Waals surface area (Å²) in [6.07, 6.45) is 5.85. The zero-order valence-electron chi connectivity index (χ0n) is 15.9. The number of benzene rings is 3. The second-order valence-corrected chi connectivity index (χ2v) is 7.60. The molecule has 28 heavy (non-hydrogen) atoms. The molecule has 138 valence electrons. The molecule has 1 saturated carbocycles. The van der Waals surface area contributed by atoms with Gasteiger partial charge in [0, 0.05) is 5.92 Å². The molecule has 0 spiro atoms. The smallest absolute Gasteiger partial charge is 0.0859 e. The summed E-state index contributed by atoms with van der Waals surface area (Å²) in [5.74, 6) is 0.436. The number of hydrazone groups is 1. The van der Waals surface area contributed by atoms with Crippen LogP contribution in [0.2, 0.25) is 0 Å². The van der Waals surface area contributed by atoms with Crippen LogP contribution in [0.5, 0.6) is 0 Å². The van der Waals surface area contributed by atoms with Crippen molar-refractivity contribution in [3.8, 4) is 0 Å². The highest BCUT2D eigenvalue weighted by atomic mass is 15.5. The summed E-state index contributed by atoms with van der Waals surface area (Å²) in [6, 6.07) is 32.3. The van der Waals surface area contributed by atoms with Crippen LogP contribution in [0.4, 0.5) is 5.69 Å². The molecule has 1 fully saturated rings. The third-order valence-corrected chi connectivity index (χ3v) is 5.80. The van der Waals surface area contributed by atoms with Crippen molar-refractivity contribution in [1.29, 1.82) is 0 Å². The lowest BCUT2D eigenvalue weighted by Crippen LogP contribution is -2.28. The number of hydrogen-bond donors (Lipinski definition) is 0. The summed E-state index contributed by atoms with van der Waals surface area (Å²) in [6.45, 7) is 0. The van der Waals surface area contributed by atoms with Gasteiger partial charge in [0.15, 0.2) is 0 Å². The van der Waals surface area contributed by atoms with Crippen LogP contribution in [0.3, 0.4) is 0 Å². The van der Waals surface area contributed by atoms with Gasteiger partial charge >= 0.3 is 0 Å². The maximum atomic E-state index is 5.20. The Bertz CT molecular complexity index is 990. The van der Waals surface area contributed by atoms with E-state index in [1.165, 1.54) is 35.3 Å². The van der Waals surface area contributed by atoms with Crippen LogP contribution in [0, 0.1) is 5.92 Å². The van der Waals surface area contributed by atoms with Crippen molar-refractivity contribution in [1.82, 2.24) is 0 Å². The van der Waals surface area contributed by atoms with E-state index in [4.69, 9.17) is 5.10 Å². The number of para-hydroxylation sites is 1. The molecule has 3 aromatic rings. The SMILES string of the molecule is C(=C1\CCC[C@@H]2C1=NN(c1ccccc1)[C@@H]2c1ccccc1)/c1ccccc1. The Labute approximate surface area is 166 Å². The molecular formula is C26H24N2. The minimum atomic E-state index is 0.262.